The number of nitrogens with two attached hydrogens (primary N) is 1. The van der Waals surface area contributed by atoms with Crippen molar-refractivity contribution in [3.63, 3.8) is 0 Å². The number of carbonyl (C=O) groups excluding carboxylic acids is 1. The van der Waals surface area contributed by atoms with E-state index in [0.29, 0.717) is 24.6 Å². The zero-order valence-corrected chi connectivity index (χ0v) is 12.0. The fourth-order valence-corrected chi connectivity index (χ4v) is 2.24. The van der Waals surface area contributed by atoms with Gasteiger partial charge in [0.05, 0.1) is 18.8 Å². The van der Waals surface area contributed by atoms with Crippen LogP contribution in [0.4, 0.5) is 11.4 Å². The first-order valence-electron chi connectivity index (χ1n) is 7.24. The van der Waals surface area contributed by atoms with E-state index in [1.807, 2.05) is 24.0 Å². The summed E-state index contributed by atoms with van der Waals surface area (Å²) in [5.41, 5.74) is 7.34. The van der Waals surface area contributed by atoms with E-state index in [9.17, 15) is 4.79 Å². The van der Waals surface area contributed by atoms with Crippen molar-refractivity contribution in [2.24, 2.45) is 0 Å². The Hall–Kier alpha value is -1.91. The van der Waals surface area contributed by atoms with Gasteiger partial charge >= 0.3 is 0 Å². The average Bonchev–Trinajstić information content (AvgIpc) is 2.99. The van der Waals surface area contributed by atoms with E-state index in [4.69, 9.17) is 10.5 Å². The molecular formula is C15H23N3O2. The van der Waals surface area contributed by atoms with Crippen LogP contribution in [-0.4, -0.2) is 37.0 Å². The van der Waals surface area contributed by atoms with Crippen molar-refractivity contribution >= 4 is 17.3 Å². The van der Waals surface area contributed by atoms with Crippen molar-refractivity contribution in [3.05, 3.63) is 18.2 Å². The molecule has 5 heteroatoms. The fraction of sp³-hybridized carbons (Fsp3) is 0.533. The van der Waals surface area contributed by atoms with Crippen LogP contribution in [0.2, 0.25) is 0 Å². The molecule has 1 heterocycles. The van der Waals surface area contributed by atoms with E-state index in [1.54, 1.807) is 6.07 Å². The lowest BCUT2D eigenvalue weighted by atomic mass is 10.2. The standard InChI is InChI=1S/C15H23N3O2/c1-2-9-20-14-10-12(5-6-13(14)16)17-11-15(19)18-7-3-4-8-18/h5-6,10,17H,2-4,7-9,11,16H2,1H3. The summed E-state index contributed by atoms with van der Waals surface area (Å²) >= 11 is 0. The van der Waals surface area contributed by atoms with Crippen LogP contribution in [0.15, 0.2) is 18.2 Å². The molecule has 0 spiro atoms. The third-order valence-corrected chi connectivity index (χ3v) is 3.38. The van der Waals surface area contributed by atoms with E-state index in [1.165, 1.54) is 0 Å². The number of hydrogen-bond acceptors (Lipinski definition) is 4. The Morgan fingerprint density at radius 3 is 2.85 bits per heavy atom. The summed E-state index contributed by atoms with van der Waals surface area (Å²) in [7, 11) is 0. The molecule has 1 fully saturated rings. The van der Waals surface area contributed by atoms with E-state index >= 15 is 0 Å². The maximum Gasteiger partial charge on any atom is 0.241 e. The molecule has 0 radical (unpaired) electrons. The summed E-state index contributed by atoms with van der Waals surface area (Å²) in [4.78, 5) is 13.9. The monoisotopic (exact) mass is 277 g/mol. The van der Waals surface area contributed by atoms with Crippen LogP contribution in [-0.2, 0) is 4.79 Å². The lowest BCUT2D eigenvalue weighted by Gasteiger charge is -2.16. The number of rotatable bonds is 6. The summed E-state index contributed by atoms with van der Waals surface area (Å²) in [6, 6.07) is 5.52. The maximum absolute atomic E-state index is 12.0. The minimum absolute atomic E-state index is 0.148. The highest BCUT2D eigenvalue weighted by molar-refractivity contribution is 5.81. The van der Waals surface area contributed by atoms with Gasteiger partial charge in [0.25, 0.3) is 0 Å². The number of ether oxygens (including phenoxy) is 1. The first kappa shape index (κ1) is 14.5. The maximum atomic E-state index is 12.0. The summed E-state index contributed by atoms with van der Waals surface area (Å²) in [5.74, 6) is 0.820. The smallest absolute Gasteiger partial charge is 0.241 e. The highest BCUT2D eigenvalue weighted by atomic mass is 16.5. The highest BCUT2D eigenvalue weighted by Crippen LogP contribution is 2.25. The van der Waals surface area contributed by atoms with Crippen molar-refractivity contribution in [3.8, 4) is 5.75 Å². The molecule has 0 aliphatic carbocycles. The number of hydrogen-bond donors (Lipinski definition) is 2. The second-order valence-electron chi connectivity index (χ2n) is 5.04. The minimum Gasteiger partial charge on any atom is -0.491 e. The predicted molar refractivity (Wildman–Crippen MR) is 80.9 cm³/mol. The van der Waals surface area contributed by atoms with Crippen LogP contribution in [0.25, 0.3) is 0 Å². The molecule has 1 aromatic carbocycles. The molecule has 2 rings (SSSR count). The fourth-order valence-electron chi connectivity index (χ4n) is 2.24. The highest BCUT2D eigenvalue weighted by Gasteiger charge is 2.17. The number of amides is 1. The normalized spacial score (nSPS) is 14.3. The number of likely N-dealkylation sites (tertiary alicyclic amines) is 1. The van der Waals surface area contributed by atoms with Crippen molar-refractivity contribution in [2.75, 3.05) is 37.3 Å². The molecular weight excluding hydrogens is 254 g/mol. The van der Waals surface area contributed by atoms with Gasteiger partial charge in [-0.15, -0.1) is 0 Å². The molecule has 5 nitrogen and oxygen atoms in total. The summed E-state index contributed by atoms with van der Waals surface area (Å²) in [5, 5.41) is 3.14. The largest absolute Gasteiger partial charge is 0.491 e. The zero-order valence-electron chi connectivity index (χ0n) is 12.0. The van der Waals surface area contributed by atoms with Crippen LogP contribution < -0.4 is 15.8 Å². The van der Waals surface area contributed by atoms with Gasteiger partial charge in [-0.25, -0.2) is 0 Å². The van der Waals surface area contributed by atoms with Gasteiger partial charge in [0, 0.05) is 24.8 Å². The van der Waals surface area contributed by atoms with Crippen molar-refractivity contribution in [2.45, 2.75) is 26.2 Å². The molecule has 1 aromatic rings. The number of nitrogen functional groups attached to an aromatic ring is 1. The summed E-state index contributed by atoms with van der Waals surface area (Å²) in [6.07, 6.45) is 3.16. The molecule has 1 saturated heterocycles. The molecule has 0 saturated carbocycles. The molecule has 1 amide bonds. The number of anilines is 2. The first-order valence-corrected chi connectivity index (χ1v) is 7.24. The second kappa shape index (κ2) is 7.03. The van der Waals surface area contributed by atoms with E-state index in [0.717, 1.165) is 38.0 Å². The second-order valence-corrected chi connectivity index (χ2v) is 5.04. The van der Waals surface area contributed by atoms with Gasteiger partial charge in [-0.3, -0.25) is 4.79 Å². The van der Waals surface area contributed by atoms with Gasteiger partial charge in [0.1, 0.15) is 5.75 Å². The number of benzene rings is 1. The van der Waals surface area contributed by atoms with E-state index in [-0.39, 0.29) is 5.91 Å². The van der Waals surface area contributed by atoms with Crippen LogP contribution in [0.3, 0.4) is 0 Å². The number of nitrogens with zero attached hydrogens (tertiary/aromatic N) is 1. The third-order valence-electron chi connectivity index (χ3n) is 3.38. The molecule has 110 valence electrons. The van der Waals surface area contributed by atoms with Gasteiger partial charge in [0.2, 0.25) is 5.91 Å². The molecule has 0 aromatic heterocycles. The molecule has 1 aliphatic heterocycles. The van der Waals surface area contributed by atoms with Gasteiger partial charge in [-0.1, -0.05) is 6.92 Å². The lowest BCUT2D eigenvalue weighted by molar-refractivity contribution is -0.128. The Morgan fingerprint density at radius 2 is 2.15 bits per heavy atom. The van der Waals surface area contributed by atoms with E-state index < -0.39 is 0 Å². The number of carbonyl (C=O) groups is 1. The van der Waals surface area contributed by atoms with Crippen LogP contribution in [0, 0.1) is 0 Å². The first-order chi connectivity index (χ1) is 9.70. The zero-order chi connectivity index (χ0) is 14.4. The third kappa shape index (κ3) is 3.79. The Bertz CT molecular complexity index is 456. The average molecular weight is 277 g/mol. The van der Waals surface area contributed by atoms with Gasteiger partial charge in [-0.05, 0) is 31.4 Å². The minimum atomic E-state index is 0.148. The van der Waals surface area contributed by atoms with E-state index in [2.05, 4.69) is 5.32 Å². The van der Waals surface area contributed by atoms with Gasteiger partial charge in [0.15, 0.2) is 0 Å². The van der Waals surface area contributed by atoms with Crippen molar-refractivity contribution in [1.82, 2.24) is 4.90 Å². The van der Waals surface area contributed by atoms with Crippen molar-refractivity contribution in [1.29, 1.82) is 0 Å². The van der Waals surface area contributed by atoms with Crippen LogP contribution >= 0.6 is 0 Å². The summed E-state index contributed by atoms with van der Waals surface area (Å²) < 4.78 is 5.57. The Morgan fingerprint density at radius 1 is 1.40 bits per heavy atom. The summed E-state index contributed by atoms with van der Waals surface area (Å²) in [6.45, 7) is 4.77. The van der Waals surface area contributed by atoms with Crippen LogP contribution in [0.1, 0.15) is 26.2 Å². The van der Waals surface area contributed by atoms with Gasteiger partial charge < -0.3 is 20.7 Å². The van der Waals surface area contributed by atoms with Crippen LogP contribution in [0.5, 0.6) is 5.75 Å². The molecule has 20 heavy (non-hydrogen) atoms. The molecule has 1 aliphatic rings. The van der Waals surface area contributed by atoms with Crippen molar-refractivity contribution < 1.29 is 9.53 Å². The topological polar surface area (TPSA) is 67.6 Å². The Balaban J connectivity index is 1.90. The lowest BCUT2D eigenvalue weighted by Crippen LogP contribution is -2.32. The Labute approximate surface area is 120 Å². The Kier molecular flexibility index (Phi) is 5.09. The predicted octanol–water partition coefficient (Wildman–Crippen LogP) is 2.09. The number of nitrogens with one attached hydrogen (secondary N) is 1. The van der Waals surface area contributed by atoms with Gasteiger partial charge in [-0.2, -0.15) is 0 Å². The molecule has 3 N–H and O–H groups in total. The molecule has 0 atom stereocenters. The SMILES string of the molecule is CCCOc1cc(NCC(=O)N2CCCC2)ccc1N. The molecule has 0 unspecified atom stereocenters. The molecule has 0 bridgehead atoms. The quantitative estimate of drug-likeness (QED) is 0.781.